The number of piperidine rings is 1. The third kappa shape index (κ3) is 13.9. The maximum Gasteiger partial charge on any atom is 0.273 e. The Morgan fingerprint density at radius 2 is 1.66 bits per heavy atom. The fraction of sp³-hybridized carbons (Fsp3) is 0.676. The molecular weight excluding hydrogens is 704 g/mol. The van der Waals surface area contributed by atoms with E-state index >= 15 is 0 Å². The highest BCUT2D eigenvalue weighted by atomic mass is 35.5. The van der Waals surface area contributed by atoms with E-state index in [1.165, 1.54) is 11.1 Å². The van der Waals surface area contributed by atoms with Crippen LogP contribution in [0.2, 0.25) is 5.15 Å². The molecule has 2 amide bonds. The molecule has 1 aliphatic heterocycles. The van der Waals surface area contributed by atoms with Crippen molar-refractivity contribution in [3.63, 3.8) is 0 Å². The number of likely N-dealkylation sites (tertiary alicyclic amines) is 1. The van der Waals surface area contributed by atoms with Gasteiger partial charge in [0.2, 0.25) is 5.91 Å². The van der Waals surface area contributed by atoms with Gasteiger partial charge in [0, 0.05) is 51.7 Å². The summed E-state index contributed by atoms with van der Waals surface area (Å²) in [5.41, 5.74) is 13.9. The lowest BCUT2D eigenvalue weighted by Crippen LogP contribution is -2.50. The van der Waals surface area contributed by atoms with E-state index in [1.807, 2.05) is 21.9 Å². The highest BCUT2D eigenvalue weighted by Gasteiger charge is 2.32. The van der Waals surface area contributed by atoms with E-state index in [0.717, 1.165) is 44.9 Å². The number of aliphatic hydroxyl groups is 5. The summed E-state index contributed by atoms with van der Waals surface area (Å²) in [6.07, 6.45) is 0.244. The Kier molecular flexibility index (Phi) is 18.6. The third-order valence-electron chi connectivity index (χ3n) is 10.2. The largest absolute Gasteiger partial charge is 0.394 e. The molecule has 0 bridgehead atoms. The molecule has 2 aromatic rings. The number of halogens is 1. The number of hydrogen-bond donors (Lipinski definition) is 8. The number of aromatic nitrogens is 2. The number of rotatable bonds is 22. The van der Waals surface area contributed by atoms with Crippen LogP contribution in [0.5, 0.6) is 0 Å². The molecule has 15 nitrogen and oxygen atoms in total. The maximum atomic E-state index is 13.4. The predicted molar refractivity (Wildman–Crippen MR) is 205 cm³/mol. The zero-order valence-corrected chi connectivity index (χ0v) is 32.2. The average Bonchev–Trinajstić information content (AvgIpc) is 3.15. The van der Waals surface area contributed by atoms with Gasteiger partial charge in [-0.15, -0.1) is 0 Å². The van der Waals surface area contributed by atoms with Crippen molar-refractivity contribution in [3.8, 4) is 0 Å². The number of unbranched alkanes of at least 4 members (excludes halogenated alkanes) is 3. The van der Waals surface area contributed by atoms with Crippen molar-refractivity contribution < 1.29 is 35.1 Å². The Bertz CT molecular complexity index is 1430. The second-order valence-corrected chi connectivity index (χ2v) is 14.7. The zero-order valence-electron chi connectivity index (χ0n) is 31.4. The van der Waals surface area contributed by atoms with E-state index in [0.29, 0.717) is 39.3 Å². The lowest BCUT2D eigenvalue weighted by molar-refractivity contribution is -0.133. The molecule has 1 aromatic carbocycles. The van der Waals surface area contributed by atoms with Gasteiger partial charge in [0.1, 0.15) is 18.3 Å². The molecule has 0 radical (unpaired) electrons. The summed E-state index contributed by atoms with van der Waals surface area (Å²) in [5, 5.41) is 52.7. The molecule has 2 heterocycles. The Morgan fingerprint density at radius 1 is 0.981 bits per heavy atom. The Labute approximate surface area is 318 Å². The number of anilines is 2. The van der Waals surface area contributed by atoms with E-state index < -0.39 is 36.9 Å². The summed E-state index contributed by atoms with van der Waals surface area (Å²) in [7, 11) is 2.07. The number of nitrogens with one attached hydrogen (secondary N) is 1. The molecule has 298 valence electrons. The molecule has 1 aromatic heterocycles. The van der Waals surface area contributed by atoms with Crippen LogP contribution in [0.15, 0.2) is 24.3 Å². The minimum absolute atomic E-state index is 0.0146. The molecule has 1 aliphatic rings. The number of nitrogens with two attached hydrogens (primary N) is 2. The monoisotopic (exact) mass is 764 g/mol. The molecule has 5 atom stereocenters. The molecule has 5 unspecified atom stereocenters. The summed E-state index contributed by atoms with van der Waals surface area (Å²) in [6.45, 7) is 6.71. The first kappa shape index (κ1) is 44.2. The molecule has 0 spiro atoms. The predicted octanol–water partition coefficient (Wildman–Crippen LogP) is 0.823. The van der Waals surface area contributed by atoms with Crippen LogP contribution < -0.4 is 16.8 Å². The standard InChI is InChI=1S/C37H61ClN8O7/c1-4-5-6-9-15-45(22-28(48)32(51)33(52)29(49)23-47)16-14-30(50)46-17-12-27(13-18-46)44(3)21-25(19-26-11-8-7-10-24(26)2)20-41-37(53)31-35(39)43-36(40)34(38)42-31/h7-8,10-11,25,27-29,32-33,47-49,51-52H,4-6,9,12-23H2,1-3H3,(H,41,53)(H4,39,40,43). The van der Waals surface area contributed by atoms with Crippen molar-refractivity contribution in [3.05, 3.63) is 46.2 Å². The van der Waals surface area contributed by atoms with Crippen LogP contribution in [0.4, 0.5) is 11.6 Å². The van der Waals surface area contributed by atoms with Crippen molar-refractivity contribution in [2.75, 3.05) is 70.9 Å². The number of hydrogen-bond acceptors (Lipinski definition) is 13. The van der Waals surface area contributed by atoms with Crippen LogP contribution in [0.25, 0.3) is 0 Å². The maximum absolute atomic E-state index is 13.4. The normalized spacial score (nSPS) is 16.8. The molecule has 1 fully saturated rings. The van der Waals surface area contributed by atoms with E-state index in [-0.39, 0.29) is 53.3 Å². The number of nitrogens with zero attached hydrogens (tertiary/aromatic N) is 5. The number of carbonyl (C=O) groups excluding carboxylic acids is 2. The molecule has 0 aliphatic carbocycles. The average molecular weight is 765 g/mol. The smallest absolute Gasteiger partial charge is 0.273 e. The van der Waals surface area contributed by atoms with Crippen molar-refractivity contribution in [2.24, 2.45) is 5.92 Å². The van der Waals surface area contributed by atoms with Crippen LogP contribution in [0.3, 0.4) is 0 Å². The fourth-order valence-electron chi connectivity index (χ4n) is 6.80. The topological polar surface area (TPSA) is 235 Å². The van der Waals surface area contributed by atoms with Gasteiger partial charge >= 0.3 is 0 Å². The number of aryl methyl sites for hydroxylation is 1. The van der Waals surface area contributed by atoms with E-state index in [9.17, 15) is 30.0 Å². The summed E-state index contributed by atoms with van der Waals surface area (Å²) in [4.78, 5) is 40.5. The van der Waals surface area contributed by atoms with Gasteiger partial charge in [-0.05, 0) is 63.2 Å². The summed E-state index contributed by atoms with van der Waals surface area (Å²) in [5.74, 6) is -0.555. The zero-order chi connectivity index (χ0) is 39.1. The van der Waals surface area contributed by atoms with Gasteiger partial charge < -0.3 is 57.0 Å². The Hall–Kier alpha value is -3.15. The van der Waals surface area contributed by atoms with E-state index in [1.54, 1.807) is 0 Å². The summed E-state index contributed by atoms with van der Waals surface area (Å²) < 4.78 is 0. The number of carbonyl (C=O) groups is 2. The summed E-state index contributed by atoms with van der Waals surface area (Å²) >= 11 is 6.01. The van der Waals surface area contributed by atoms with Crippen molar-refractivity contribution in [1.29, 1.82) is 0 Å². The van der Waals surface area contributed by atoms with Gasteiger partial charge in [0.05, 0.1) is 12.7 Å². The molecule has 10 N–H and O–H groups in total. The van der Waals surface area contributed by atoms with Crippen LogP contribution in [0, 0.1) is 12.8 Å². The van der Waals surface area contributed by atoms with E-state index in [4.69, 9.17) is 28.2 Å². The molecular formula is C37H61ClN8O7. The number of aliphatic hydroxyl groups excluding tert-OH is 5. The Balaban J connectivity index is 1.57. The number of benzene rings is 1. The first-order valence-corrected chi connectivity index (χ1v) is 19.1. The van der Waals surface area contributed by atoms with Crippen LogP contribution >= 0.6 is 11.6 Å². The Morgan fingerprint density at radius 3 is 2.32 bits per heavy atom. The highest BCUT2D eigenvalue weighted by Crippen LogP contribution is 2.21. The minimum atomic E-state index is -1.70. The fourth-order valence-corrected chi connectivity index (χ4v) is 6.92. The molecule has 1 saturated heterocycles. The second-order valence-electron chi connectivity index (χ2n) is 14.3. The van der Waals surface area contributed by atoms with Crippen molar-refractivity contribution in [2.45, 2.75) is 95.7 Å². The van der Waals surface area contributed by atoms with Crippen molar-refractivity contribution in [1.82, 2.24) is 30.0 Å². The van der Waals surface area contributed by atoms with Crippen LogP contribution in [-0.4, -0.2) is 152 Å². The van der Waals surface area contributed by atoms with Gasteiger partial charge in [-0.1, -0.05) is 62.1 Å². The minimum Gasteiger partial charge on any atom is -0.394 e. The first-order chi connectivity index (χ1) is 25.2. The van der Waals surface area contributed by atoms with Crippen LogP contribution in [-0.2, 0) is 11.2 Å². The van der Waals surface area contributed by atoms with Gasteiger partial charge in [0.15, 0.2) is 22.5 Å². The SMILES string of the molecule is CCCCCCN(CCC(=O)N1CCC(N(C)CC(CNC(=O)c2nc(Cl)c(N)nc2N)Cc2ccccc2C)CC1)CC(O)C(O)C(O)C(O)CO. The molecule has 0 saturated carbocycles. The van der Waals surface area contributed by atoms with Crippen LogP contribution in [0.1, 0.15) is 73.5 Å². The highest BCUT2D eigenvalue weighted by molar-refractivity contribution is 6.31. The molecule has 16 heteroatoms. The number of nitrogen functional groups attached to an aromatic ring is 2. The van der Waals surface area contributed by atoms with Gasteiger partial charge in [-0.3, -0.25) is 9.59 Å². The van der Waals surface area contributed by atoms with Crippen molar-refractivity contribution >= 4 is 35.1 Å². The third-order valence-corrected chi connectivity index (χ3v) is 10.4. The quantitative estimate of drug-likeness (QED) is 0.0777. The lowest BCUT2D eigenvalue weighted by atomic mass is 9.94. The van der Waals surface area contributed by atoms with Gasteiger partial charge in [0.25, 0.3) is 5.91 Å². The summed E-state index contributed by atoms with van der Waals surface area (Å²) in [6, 6.07) is 8.41. The molecule has 53 heavy (non-hydrogen) atoms. The molecule has 3 rings (SSSR count). The lowest BCUT2D eigenvalue weighted by Gasteiger charge is -2.38. The van der Waals surface area contributed by atoms with Gasteiger partial charge in [-0.25, -0.2) is 9.97 Å². The first-order valence-electron chi connectivity index (χ1n) is 18.7. The second kappa shape index (κ2) is 22.3. The van der Waals surface area contributed by atoms with Gasteiger partial charge in [-0.2, -0.15) is 0 Å². The van der Waals surface area contributed by atoms with E-state index in [2.05, 4.69) is 53.2 Å². The number of amides is 2.